The number of aliphatic imine (C=N–C) groups is 1. The quantitative estimate of drug-likeness (QED) is 0.329. The number of hydrogen-bond donors (Lipinski definition) is 1. The van der Waals surface area contributed by atoms with Crippen molar-refractivity contribution in [2.24, 2.45) is 4.99 Å². The van der Waals surface area contributed by atoms with E-state index >= 15 is 0 Å². The summed E-state index contributed by atoms with van der Waals surface area (Å²) in [6.45, 7) is 2.27. The highest BCUT2D eigenvalue weighted by atomic mass is 127. The van der Waals surface area contributed by atoms with Crippen molar-refractivity contribution in [2.75, 3.05) is 51.8 Å². The molecule has 2 heterocycles. The minimum Gasteiger partial charge on any atom is -0.497 e. The van der Waals surface area contributed by atoms with Crippen LogP contribution in [0.3, 0.4) is 0 Å². The van der Waals surface area contributed by atoms with Crippen molar-refractivity contribution in [1.82, 2.24) is 15.2 Å². The number of anilines is 1. The van der Waals surface area contributed by atoms with Crippen LogP contribution in [0.4, 0.5) is 18.9 Å². The molecule has 3 rings (SSSR count). The van der Waals surface area contributed by atoms with E-state index < -0.39 is 12.8 Å². The van der Waals surface area contributed by atoms with E-state index in [1.54, 1.807) is 20.2 Å². The summed E-state index contributed by atoms with van der Waals surface area (Å²) in [6, 6.07) is 11.2. The molecule has 1 aromatic heterocycles. The minimum absolute atomic E-state index is 0. The van der Waals surface area contributed by atoms with Gasteiger partial charge in [0.15, 0.2) is 12.6 Å². The molecule has 1 saturated heterocycles. The first-order valence-corrected chi connectivity index (χ1v) is 9.87. The van der Waals surface area contributed by atoms with Crippen molar-refractivity contribution in [3.8, 4) is 11.6 Å². The molecule has 1 aliphatic rings. The monoisotopic (exact) mass is 565 g/mol. The lowest BCUT2D eigenvalue weighted by Gasteiger charge is -2.37. The Balaban J connectivity index is 0.00000363. The number of alkyl halides is 3. The van der Waals surface area contributed by atoms with Gasteiger partial charge < -0.3 is 24.6 Å². The van der Waals surface area contributed by atoms with Crippen LogP contribution in [-0.4, -0.2) is 69.0 Å². The molecular formula is C21H27F3IN5O2. The van der Waals surface area contributed by atoms with Gasteiger partial charge in [-0.05, 0) is 23.8 Å². The van der Waals surface area contributed by atoms with E-state index in [1.165, 1.54) is 12.3 Å². The lowest BCUT2D eigenvalue weighted by Crippen LogP contribution is -2.52. The van der Waals surface area contributed by atoms with E-state index in [-0.39, 0.29) is 29.9 Å². The van der Waals surface area contributed by atoms with Gasteiger partial charge in [-0.3, -0.25) is 4.99 Å². The van der Waals surface area contributed by atoms with E-state index in [4.69, 9.17) is 9.47 Å². The second kappa shape index (κ2) is 12.0. The number of rotatable bonds is 6. The molecular weight excluding hydrogens is 538 g/mol. The molecule has 176 valence electrons. The topological polar surface area (TPSA) is 62.2 Å². The highest BCUT2D eigenvalue weighted by Crippen LogP contribution is 2.22. The molecule has 7 nitrogen and oxygen atoms in total. The maximum Gasteiger partial charge on any atom is 0.422 e. The van der Waals surface area contributed by atoms with E-state index in [0.29, 0.717) is 6.54 Å². The Hall–Kier alpha value is -2.44. The van der Waals surface area contributed by atoms with Crippen molar-refractivity contribution < 1.29 is 22.6 Å². The van der Waals surface area contributed by atoms with Gasteiger partial charge in [0.2, 0.25) is 5.88 Å². The fraction of sp³-hybridized carbons (Fsp3) is 0.429. The SMILES string of the molecule is CN=C(NCc1ccnc(OCC(F)(F)F)c1)N1CCN(c2cccc(OC)c2)CC1.I. The zero-order valence-electron chi connectivity index (χ0n) is 17.9. The molecule has 0 saturated carbocycles. The number of nitrogens with one attached hydrogen (secondary N) is 1. The van der Waals surface area contributed by atoms with Crippen LogP contribution < -0.4 is 19.7 Å². The molecule has 0 atom stereocenters. The van der Waals surface area contributed by atoms with E-state index in [9.17, 15) is 13.2 Å². The fourth-order valence-corrected chi connectivity index (χ4v) is 3.29. The smallest absolute Gasteiger partial charge is 0.422 e. The average Bonchev–Trinajstić information content (AvgIpc) is 2.78. The third-order valence-electron chi connectivity index (χ3n) is 4.84. The average molecular weight is 565 g/mol. The van der Waals surface area contributed by atoms with Crippen LogP contribution in [0.1, 0.15) is 5.56 Å². The first-order valence-electron chi connectivity index (χ1n) is 9.87. The van der Waals surface area contributed by atoms with E-state index in [2.05, 4.69) is 31.2 Å². The van der Waals surface area contributed by atoms with Gasteiger partial charge in [-0.1, -0.05) is 6.07 Å². The van der Waals surface area contributed by atoms with Gasteiger partial charge in [-0.25, -0.2) is 4.98 Å². The molecule has 0 radical (unpaired) electrons. The molecule has 32 heavy (non-hydrogen) atoms. The summed E-state index contributed by atoms with van der Waals surface area (Å²) in [5, 5.41) is 3.26. The summed E-state index contributed by atoms with van der Waals surface area (Å²) in [4.78, 5) is 12.6. The van der Waals surface area contributed by atoms with Gasteiger partial charge >= 0.3 is 6.18 Å². The number of nitrogens with zero attached hydrogens (tertiary/aromatic N) is 4. The van der Waals surface area contributed by atoms with Gasteiger partial charge in [0, 0.05) is 63.8 Å². The Morgan fingerprint density at radius 2 is 1.91 bits per heavy atom. The van der Waals surface area contributed by atoms with Crippen LogP contribution >= 0.6 is 24.0 Å². The first-order chi connectivity index (χ1) is 14.9. The lowest BCUT2D eigenvalue weighted by atomic mass is 10.2. The zero-order valence-corrected chi connectivity index (χ0v) is 20.3. The van der Waals surface area contributed by atoms with Crippen molar-refractivity contribution in [1.29, 1.82) is 0 Å². The molecule has 1 aliphatic heterocycles. The van der Waals surface area contributed by atoms with Crippen LogP contribution in [0.2, 0.25) is 0 Å². The van der Waals surface area contributed by atoms with Crippen LogP contribution in [-0.2, 0) is 6.54 Å². The van der Waals surface area contributed by atoms with Crippen molar-refractivity contribution in [3.63, 3.8) is 0 Å². The number of pyridine rings is 1. The van der Waals surface area contributed by atoms with Gasteiger partial charge in [0.25, 0.3) is 0 Å². The summed E-state index contributed by atoms with van der Waals surface area (Å²) < 4.78 is 47.0. The second-order valence-corrected chi connectivity index (χ2v) is 6.98. The van der Waals surface area contributed by atoms with Gasteiger partial charge in [0.05, 0.1) is 7.11 Å². The molecule has 0 aliphatic carbocycles. The number of guanidine groups is 1. The predicted octanol–water partition coefficient (Wildman–Crippen LogP) is 3.55. The minimum atomic E-state index is -4.40. The number of methoxy groups -OCH3 is 1. The van der Waals surface area contributed by atoms with Crippen LogP contribution in [0.5, 0.6) is 11.6 Å². The second-order valence-electron chi connectivity index (χ2n) is 6.98. The van der Waals surface area contributed by atoms with Gasteiger partial charge in [0.1, 0.15) is 5.75 Å². The molecule has 0 bridgehead atoms. The largest absolute Gasteiger partial charge is 0.497 e. The number of halogens is 4. The van der Waals surface area contributed by atoms with Crippen molar-refractivity contribution in [3.05, 3.63) is 48.2 Å². The summed E-state index contributed by atoms with van der Waals surface area (Å²) in [5.41, 5.74) is 1.87. The molecule has 0 unspecified atom stereocenters. The Labute approximate surface area is 202 Å². The van der Waals surface area contributed by atoms with Crippen LogP contribution in [0.15, 0.2) is 47.6 Å². The third-order valence-corrected chi connectivity index (χ3v) is 4.84. The Morgan fingerprint density at radius 1 is 1.16 bits per heavy atom. The summed E-state index contributed by atoms with van der Waals surface area (Å²) in [6.07, 6.45) is -2.97. The van der Waals surface area contributed by atoms with Gasteiger partial charge in [-0.2, -0.15) is 13.2 Å². The Bertz CT molecular complexity index is 890. The van der Waals surface area contributed by atoms with Crippen molar-refractivity contribution in [2.45, 2.75) is 12.7 Å². The van der Waals surface area contributed by atoms with Crippen molar-refractivity contribution >= 4 is 35.6 Å². The molecule has 0 spiro atoms. The lowest BCUT2D eigenvalue weighted by molar-refractivity contribution is -0.154. The highest BCUT2D eigenvalue weighted by Gasteiger charge is 2.28. The summed E-state index contributed by atoms with van der Waals surface area (Å²) >= 11 is 0. The third kappa shape index (κ3) is 7.61. The first kappa shape index (κ1) is 25.8. The predicted molar refractivity (Wildman–Crippen MR) is 128 cm³/mol. The molecule has 1 fully saturated rings. The van der Waals surface area contributed by atoms with Gasteiger partial charge in [-0.15, -0.1) is 24.0 Å². The summed E-state index contributed by atoms with van der Waals surface area (Å²) in [7, 11) is 3.36. The highest BCUT2D eigenvalue weighted by molar-refractivity contribution is 14.0. The fourth-order valence-electron chi connectivity index (χ4n) is 3.29. The van der Waals surface area contributed by atoms with Crippen LogP contribution in [0, 0.1) is 0 Å². The molecule has 0 amide bonds. The normalized spacial score (nSPS) is 14.6. The van der Waals surface area contributed by atoms with E-state index in [1.807, 2.05) is 18.2 Å². The molecule has 11 heteroatoms. The van der Waals surface area contributed by atoms with Crippen LogP contribution in [0.25, 0.3) is 0 Å². The standard InChI is InChI=1S/C21H26F3N5O2.HI/c1-25-20(27-14-16-6-7-26-19(12-16)31-15-21(22,23)24)29-10-8-28(9-11-29)17-4-3-5-18(13-17)30-2;/h3-7,12-13H,8-11,14-15H2,1-2H3,(H,25,27);1H. The number of ether oxygens (including phenoxy) is 2. The molecule has 2 aromatic rings. The Morgan fingerprint density at radius 3 is 2.56 bits per heavy atom. The molecule has 1 aromatic carbocycles. The number of piperazine rings is 1. The summed E-state index contributed by atoms with van der Waals surface area (Å²) in [5.74, 6) is 1.51. The van der Waals surface area contributed by atoms with E-state index in [0.717, 1.165) is 49.1 Å². The molecule has 1 N–H and O–H groups in total. The number of hydrogen-bond acceptors (Lipinski definition) is 5. The zero-order chi connectivity index (χ0) is 22.3. The number of aromatic nitrogens is 1. The maximum absolute atomic E-state index is 12.3. The maximum atomic E-state index is 12.3. The number of benzene rings is 1. The Kier molecular flexibility index (Phi) is 9.66.